The molecule has 0 atom stereocenters. The number of carbonyl (C=O) groups is 1. The first kappa shape index (κ1) is 15.4. The van der Waals surface area contributed by atoms with Gasteiger partial charge in [-0.15, -0.1) is 0 Å². The number of morpholine rings is 1. The van der Waals surface area contributed by atoms with E-state index < -0.39 is 0 Å². The van der Waals surface area contributed by atoms with Gasteiger partial charge in [-0.2, -0.15) is 0 Å². The van der Waals surface area contributed by atoms with E-state index in [0.717, 1.165) is 18.9 Å². The molecule has 7 nitrogen and oxygen atoms in total. The summed E-state index contributed by atoms with van der Waals surface area (Å²) in [5.74, 6) is 1.69. The van der Waals surface area contributed by atoms with Crippen LogP contribution in [0.15, 0.2) is 10.5 Å². The van der Waals surface area contributed by atoms with E-state index in [1.165, 1.54) is 0 Å². The van der Waals surface area contributed by atoms with Crippen molar-refractivity contribution in [1.82, 2.24) is 15.3 Å². The molecule has 1 aliphatic rings. The van der Waals surface area contributed by atoms with Crippen LogP contribution in [0.25, 0.3) is 11.1 Å². The molecule has 7 heteroatoms. The zero-order chi connectivity index (χ0) is 15.2. The molecule has 21 heavy (non-hydrogen) atoms. The van der Waals surface area contributed by atoms with E-state index >= 15 is 0 Å². The number of ether oxygens (including phenoxy) is 1. The molecular formula is C14H20N4O3. The number of anilines is 1. The molecule has 1 fully saturated rings. The zero-order valence-corrected chi connectivity index (χ0v) is 12.5. The van der Waals surface area contributed by atoms with Crippen molar-refractivity contribution in [3.8, 4) is 0 Å². The minimum absolute atomic E-state index is 0.277. The van der Waals surface area contributed by atoms with Gasteiger partial charge in [0.2, 0.25) is 0 Å². The number of hydrogen-bond donors (Lipinski definition) is 1. The number of nitrogens with one attached hydrogen (secondary N) is 1. The average Bonchev–Trinajstić information content (AvgIpc) is 2.91. The fourth-order valence-electron chi connectivity index (χ4n) is 2.09. The van der Waals surface area contributed by atoms with Crippen LogP contribution in [0.5, 0.6) is 0 Å². The molecule has 0 bridgehead atoms. The SMILES string of the molecule is CNC.Cc1nc(N2CCOCC2)c2oc(C=O)cc2n1. The molecule has 0 saturated carbocycles. The summed E-state index contributed by atoms with van der Waals surface area (Å²) in [6.45, 7) is 4.71. The lowest BCUT2D eigenvalue weighted by molar-refractivity contribution is 0.110. The van der Waals surface area contributed by atoms with Gasteiger partial charge < -0.3 is 19.4 Å². The Morgan fingerprint density at radius 1 is 1.29 bits per heavy atom. The molecule has 0 aromatic carbocycles. The average molecular weight is 292 g/mol. The molecule has 2 aromatic heterocycles. The maximum absolute atomic E-state index is 10.8. The molecule has 1 aliphatic heterocycles. The van der Waals surface area contributed by atoms with Crippen LogP contribution in [0.4, 0.5) is 5.82 Å². The van der Waals surface area contributed by atoms with Crippen LogP contribution in [0.3, 0.4) is 0 Å². The van der Waals surface area contributed by atoms with Crippen LogP contribution in [0.1, 0.15) is 16.4 Å². The van der Waals surface area contributed by atoms with E-state index in [1.54, 1.807) is 6.07 Å². The van der Waals surface area contributed by atoms with Crippen LogP contribution < -0.4 is 10.2 Å². The van der Waals surface area contributed by atoms with Crippen molar-refractivity contribution in [2.45, 2.75) is 6.92 Å². The Morgan fingerprint density at radius 2 is 1.95 bits per heavy atom. The summed E-state index contributed by atoms with van der Waals surface area (Å²) < 4.78 is 10.8. The second-order valence-electron chi connectivity index (χ2n) is 4.67. The van der Waals surface area contributed by atoms with Gasteiger partial charge in [0, 0.05) is 19.2 Å². The molecule has 3 heterocycles. The highest BCUT2D eigenvalue weighted by Gasteiger charge is 2.19. The van der Waals surface area contributed by atoms with E-state index in [-0.39, 0.29) is 5.76 Å². The maximum Gasteiger partial charge on any atom is 0.195 e. The number of fused-ring (bicyclic) bond motifs is 1. The predicted octanol–water partition coefficient (Wildman–Crippen LogP) is 1.02. The van der Waals surface area contributed by atoms with Gasteiger partial charge in [-0.25, -0.2) is 9.97 Å². The summed E-state index contributed by atoms with van der Waals surface area (Å²) >= 11 is 0. The topological polar surface area (TPSA) is 80.5 Å². The highest BCUT2D eigenvalue weighted by molar-refractivity contribution is 5.89. The van der Waals surface area contributed by atoms with Crippen LogP contribution in [0.2, 0.25) is 0 Å². The lowest BCUT2D eigenvalue weighted by Gasteiger charge is -2.27. The third kappa shape index (κ3) is 3.56. The largest absolute Gasteiger partial charge is 0.448 e. The molecule has 114 valence electrons. The molecule has 2 aromatic rings. The van der Waals surface area contributed by atoms with Crippen molar-refractivity contribution in [2.24, 2.45) is 0 Å². The third-order valence-corrected chi connectivity index (χ3v) is 2.91. The van der Waals surface area contributed by atoms with Crippen LogP contribution in [-0.2, 0) is 4.74 Å². The summed E-state index contributed by atoms with van der Waals surface area (Å²) in [5, 5.41) is 2.75. The fraction of sp³-hybridized carbons (Fsp3) is 0.500. The summed E-state index contributed by atoms with van der Waals surface area (Å²) in [6, 6.07) is 1.64. The second-order valence-corrected chi connectivity index (χ2v) is 4.67. The number of rotatable bonds is 2. The molecular weight excluding hydrogens is 272 g/mol. The van der Waals surface area contributed by atoms with Gasteiger partial charge in [-0.05, 0) is 21.0 Å². The molecule has 1 N–H and O–H groups in total. The van der Waals surface area contributed by atoms with Crippen molar-refractivity contribution in [3.63, 3.8) is 0 Å². The maximum atomic E-state index is 10.8. The molecule has 3 rings (SSSR count). The standard InChI is InChI=1S/C12H13N3O3.C2H7N/c1-8-13-10-6-9(7-16)18-11(10)12(14-8)15-2-4-17-5-3-15;1-3-2/h6-7H,2-5H2,1H3;3H,1-2H3. The third-order valence-electron chi connectivity index (χ3n) is 2.91. The highest BCUT2D eigenvalue weighted by Crippen LogP contribution is 2.27. The Hall–Kier alpha value is -1.99. The van der Waals surface area contributed by atoms with E-state index in [0.29, 0.717) is 36.4 Å². The number of carbonyl (C=O) groups excluding carboxylic acids is 1. The van der Waals surface area contributed by atoms with Crippen molar-refractivity contribution in [1.29, 1.82) is 0 Å². The number of aromatic nitrogens is 2. The van der Waals surface area contributed by atoms with E-state index in [2.05, 4.69) is 20.2 Å². The van der Waals surface area contributed by atoms with Crippen molar-refractivity contribution in [2.75, 3.05) is 45.3 Å². The summed E-state index contributed by atoms with van der Waals surface area (Å²) in [4.78, 5) is 21.6. The smallest absolute Gasteiger partial charge is 0.195 e. The summed E-state index contributed by atoms with van der Waals surface area (Å²) in [6.07, 6.45) is 0.681. The van der Waals surface area contributed by atoms with Gasteiger partial charge in [0.15, 0.2) is 23.4 Å². The first-order valence-electron chi connectivity index (χ1n) is 6.84. The molecule has 0 unspecified atom stereocenters. The van der Waals surface area contributed by atoms with Gasteiger partial charge in [0.05, 0.1) is 13.2 Å². The Bertz CT molecular complexity index is 606. The normalized spacial score (nSPS) is 14.7. The first-order chi connectivity index (χ1) is 10.2. The predicted molar refractivity (Wildman–Crippen MR) is 79.9 cm³/mol. The molecule has 0 radical (unpaired) electrons. The van der Waals surface area contributed by atoms with Gasteiger partial charge in [0.25, 0.3) is 0 Å². The molecule has 1 saturated heterocycles. The molecule has 0 spiro atoms. The Morgan fingerprint density at radius 3 is 2.57 bits per heavy atom. The zero-order valence-electron chi connectivity index (χ0n) is 12.5. The van der Waals surface area contributed by atoms with E-state index in [4.69, 9.17) is 9.15 Å². The van der Waals surface area contributed by atoms with Crippen molar-refractivity contribution < 1.29 is 13.9 Å². The minimum Gasteiger partial charge on any atom is -0.448 e. The summed E-state index contributed by atoms with van der Waals surface area (Å²) in [5.41, 5.74) is 1.25. The number of nitrogens with zero attached hydrogens (tertiary/aromatic N) is 3. The minimum atomic E-state index is 0.277. The number of aldehydes is 1. The van der Waals surface area contributed by atoms with Gasteiger partial charge in [-0.3, -0.25) is 4.79 Å². The Kier molecular flexibility index (Phi) is 5.24. The Balaban J connectivity index is 0.000000497. The Labute approximate surface area is 123 Å². The molecule has 0 aliphatic carbocycles. The van der Waals surface area contributed by atoms with Crippen LogP contribution >= 0.6 is 0 Å². The summed E-state index contributed by atoms with van der Waals surface area (Å²) in [7, 11) is 3.75. The fourth-order valence-corrected chi connectivity index (χ4v) is 2.09. The number of hydrogen-bond acceptors (Lipinski definition) is 7. The van der Waals surface area contributed by atoms with Gasteiger partial charge in [-0.1, -0.05) is 0 Å². The van der Waals surface area contributed by atoms with Gasteiger partial charge >= 0.3 is 0 Å². The quantitative estimate of drug-likeness (QED) is 0.827. The second kappa shape index (κ2) is 7.14. The van der Waals surface area contributed by atoms with Crippen molar-refractivity contribution in [3.05, 3.63) is 17.7 Å². The van der Waals surface area contributed by atoms with Crippen molar-refractivity contribution >= 4 is 23.2 Å². The van der Waals surface area contributed by atoms with Crippen LogP contribution in [-0.4, -0.2) is 56.7 Å². The first-order valence-corrected chi connectivity index (χ1v) is 6.84. The van der Waals surface area contributed by atoms with Crippen LogP contribution in [0, 0.1) is 6.92 Å². The number of aryl methyl sites for hydroxylation is 1. The van der Waals surface area contributed by atoms with E-state index in [1.807, 2.05) is 21.0 Å². The molecule has 0 amide bonds. The monoisotopic (exact) mass is 292 g/mol. The lowest BCUT2D eigenvalue weighted by Crippen LogP contribution is -2.37. The highest BCUT2D eigenvalue weighted by atomic mass is 16.5. The lowest BCUT2D eigenvalue weighted by atomic mass is 10.3. The van der Waals surface area contributed by atoms with E-state index in [9.17, 15) is 4.79 Å². The number of furan rings is 1. The van der Waals surface area contributed by atoms with Gasteiger partial charge in [0.1, 0.15) is 11.3 Å².